The lowest BCUT2D eigenvalue weighted by Gasteiger charge is -2.44. The third-order valence-corrected chi connectivity index (χ3v) is 13.3. The van der Waals surface area contributed by atoms with Gasteiger partial charge in [0.15, 0.2) is 0 Å². The number of carbonyl (C=O) groups excluding carboxylic acids is 4. The number of phenolic OH excluding ortho intramolecular Hbond substituents is 1. The molecule has 4 amide bonds. The summed E-state index contributed by atoms with van der Waals surface area (Å²) in [5.41, 5.74) is 4.39. The predicted octanol–water partition coefficient (Wildman–Crippen LogP) is 5.36. The monoisotopic (exact) mass is 712 g/mol. The van der Waals surface area contributed by atoms with Crippen LogP contribution in [0.25, 0.3) is 0 Å². The Bertz CT molecular complexity index is 1900. The third kappa shape index (κ3) is 6.11. The number of rotatable bonds is 7. The van der Waals surface area contributed by atoms with Gasteiger partial charge in [0.1, 0.15) is 5.75 Å². The Labute approximate surface area is 311 Å². The zero-order valence-electron chi connectivity index (χ0n) is 30.1. The topological polar surface area (TPSA) is 101 Å². The smallest absolute Gasteiger partial charge is 0.234 e. The average Bonchev–Trinajstić information content (AvgIpc) is 3.59. The summed E-state index contributed by atoms with van der Waals surface area (Å²) >= 11 is 0. The van der Waals surface area contributed by atoms with E-state index in [1.165, 1.54) is 11.1 Å². The summed E-state index contributed by atoms with van der Waals surface area (Å²) in [7, 11) is 0. The number of carbonyl (C=O) groups is 4. The van der Waals surface area contributed by atoms with E-state index in [9.17, 15) is 24.3 Å². The van der Waals surface area contributed by atoms with Crippen LogP contribution in [0.2, 0.25) is 0 Å². The largest absolute Gasteiger partial charge is 0.508 e. The van der Waals surface area contributed by atoms with Gasteiger partial charge in [0, 0.05) is 57.3 Å². The van der Waals surface area contributed by atoms with E-state index >= 15 is 0 Å². The number of phenols is 1. The molecule has 274 valence electrons. The van der Waals surface area contributed by atoms with Crippen LogP contribution in [0.15, 0.2) is 96.6 Å². The van der Waals surface area contributed by atoms with Crippen LogP contribution in [0.1, 0.15) is 61.1 Å². The van der Waals surface area contributed by atoms with Crippen molar-refractivity contribution < 1.29 is 24.3 Å². The maximum Gasteiger partial charge on any atom is 0.234 e. The molecule has 9 nitrogen and oxygen atoms in total. The lowest BCUT2D eigenvalue weighted by atomic mass is 9.57. The molecule has 3 aromatic carbocycles. The van der Waals surface area contributed by atoms with Crippen molar-refractivity contribution in [3.8, 4) is 5.75 Å². The number of allylic oxidation sites excluding steroid dienone is 2. The number of amides is 4. The summed E-state index contributed by atoms with van der Waals surface area (Å²) in [6.45, 7) is 4.96. The summed E-state index contributed by atoms with van der Waals surface area (Å²) in [5.74, 6) is -3.03. The molecular weight excluding hydrogens is 665 g/mol. The first-order chi connectivity index (χ1) is 25.9. The van der Waals surface area contributed by atoms with Crippen molar-refractivity contribution in [3.63, 3.8) is 0 Å². The van der Waals surface area contributed by atoms with Gasteiger partial charge < -0.3 is 5.11 Å². The first-order valence-corrected chi connectivity index (χ1v) is 19.6. The fourth-order valence-corrected chi connectivity index (χ4v) is 10.8. The van der Waals surface area contributed by atoms with Gasteiger partial charge in [0.2, 0.25) is 23.6 Å². The number of benzene rings is 3. The molecule has 9 rings (SSSR count). The fraction of sp³-hybridized carbons (Fsp3) is 0.455. The number of likely N-dealkylation sites (tertiary alicyclic amines) is 4. The van der Waals surface area contributed by atoms with Crippen LogP contribution in [0.3, 0.4) is 0 Å². The normalized spacial score (nSPS) is 30.0. The SMILES string of the molecule is O=C1C2CC=C3C(CC4C(=O)N(C5CCN(Cc6ccccc6)CC5)C(=O)C4C3c3ccc(O)cc3)C2C(=O)N1C1CCN(Cc2ccccc2)CC1. The van der Waals surface area contributed by atoms with Crippen molar-refractivity contribution in [2.75, 3.05) is 26.2 Å². The van der Waals surface area contributed by atoms with Gasteiger partial charge in [-0.25, -0.2) is 0 Å². The molecule has 1 N–H and O–H groups in total. The summed E-state index contributed by atoms with van der Waals surface area (Å²) in [5, 5.41) is 10.2. The van der Waals surface area contributed by atoms with E-state index in [1.807, 2.05) is 36.4 Å². The van der Waals surface area contributed by atoms with Crippen molar-refractivity contribution in [3.05, 3.63) is 113 Å². The van der Waals surface area contributed by atoms with Crippen molar-refractivity contribution in [1.29, 1.82) is 0 Å². The fourth-order valence-electron chi connectivity index (χ4n) is 10.8. The molecule has 4 heterocycles. The number of aromatic hydroxyl groups is 1. The zero-order valence-corrected chi connectivity index (χ0v) is 30.1. The number of piperidine rings is 2. The Morgan fingerprint density at radius 3 is 1.57 bits per heavy atom. The number of nitrogens with zero attached hydrogens (tertiary/aromatic N) is 4. The van der Waals surface area contributed by atoms with Crippen molar-refractivity contribution >= 4 is 23.6 Å². The molecule has 1 saturated carbocycles. The number of fused-ring (bicyclic) bond motifs is 4. The van der Waals surface area contributed by atoms with Gasteiger partial charge in [-0.15, -0.1) is 0 Å². The average molecular weight is 713 g/mol. The Kier molecular flexibility index (Phi) is 9.03. The first kappa shape index (κ1) is 34.2. The minimum absolute atomic E-state index is 0.0715. The number of hydrogen-bond donors (Lipinski definition) is 1. The molecule has 4 saturated heterocycles. The summed E-state index contributed by atoms with van der Waals surface area (Å²) in [6, 6.07) is 27.5. The Morgan fingerprint density at radius 2 is 1.04 bits per heavy atom. The quantitative estimate of drug-likeness (QED) is 0.260. The van der Waals surface area contributed by atoms with Gasteiger partial charge in [-0.05, 0) is 73.3 Å². The van der Waals surface area contributed by atoms with E-state index in [0.29, 0.717) is 12.8 Å². The Balaban J connectivity index is 0.952. The van der Waals surface area contributed by atoms with Gasteiger partial charge in [-0.1, -0.05) is 84.4 Å². The molecule has 0 radical (unpaired) electrons. The molecule has 2 aliphatic carbocycles. The Hall–Kier alpha value is -4.60. The number of imide groups is 2. The highest BCUT2D eigenvalue weighted by atomic mass is 16.3. The molecule has 0 aromatic heterocycles. The van der Waals surface area contributed by atoms with Gasteiger partial charge in [-0.2, -0.15) is 0 Å². The van der Waals surface area contributed by atoms with Crippen LogP contribution in [0, 0.1) is 29.6 Å². The van der Waals surface area contributed by atoms with Crippen LogP contribution < -0.4 is 0 Å². The third-order valence-electron chi connectivity index (χ3n) is 13.3. The molecule has 0 spiro atoms. The molecule has 5 fully saturated rings. The van der Waals surface area contributed by atoms with Crippen LogP contribution >= 0.6 is 0 Å². The van der Waals surface area contributed by atoms with E-state index in [-0.39, 0.29) is 47.4 Å². The molecule has 4 aliphatic heterocycles. The molecule has 3 aromatic rings. The van der Waals surface area contributed by atoms with Gasteiger partial charge in [0.25, 0.3) is 0 Å². The highest BCUT2D eigenvalue weighted by Gasteiger charge is 2.63. The van der Waals surface area contributed by atoms with E-state index in [2.05, 4.69) is 52.3 Å². The van der Waals surface area contributed by atoms with Gasteiger partial charge in [0.05, 0.1) is 23.7 Å². The van der Waals surface area contributed by atoms with Crippen LogP contribution in [-0.4, -0.2) is 86.6 Å². The second-order valence-corrected chi connectivity index (χ2v) is 16.2. The Morgan fingerprint density at radius 1 is 0.547 bits per heavy atom. The maximum absolute atomic E-state index is 14.6. The first-order valence-electron chi connectivity index (χ1n) is 19.6. The van der Waals surface area contributed by atoms with Crippen molar-refractivity contribution in [2.24, 2.45) is 29.6 Å². The minimum atomic E-state index is -0.564. The van der Waals surface area contributed by atoms with Crippen LogP contribution in [0.4, 0.5) is 0 Å². The molecular formula is C44H48N4O5. The molecule has 9 heteroatoms. The second kappa shape index (κ2) is 14.0. The van der Waals surface area contributed by atoms with E-state index in [0.717, 1.165) is 76.1 Å². The predicted molar refractivity (Wildman–Crippen MR) is 199 cm³/mol. The summed E-state index contributed by atoms with van der Waals surface area (Å²) < 4.78 is 0. The van der Waals surface area contributed by atoms with Crippen LogP contribution in [0.5, 0.6) is 5.75 Å². The van der Waals surface area contributed by atoms with Crippen molar-refractivity contribution in [1.82, 2.24) is 19.6 Å². The van der Waals surface area contributed by atoms with Crippen LogP contribution in [-0.2, 0) is 32.3 Å². The molecule has 0 bridgehead atoms. The molecule has 6 atom stereocenters. The maximum atomic E-state index is 14.6. The zero-order chi connectivity index (χ0) is 36.2. The lowest BCUT2D eigenvalue weighted by Crippen LogP contribution is -2.48. The van der Waals surface area contributed by atoms with E-state index < -0.39 is 29.6 Å². The molecule has 53 heavy (non-hydrogen) atoms. The van der Waals surface area contributed by atoms with E-state index in [4.69, 9.17) is 0 Å². The van der Waals surface area contributed by atoms with E-state index in [1.54, 1.807) is 21.9 Å². The standard InChI is InChI=1S/C44H48N4O5/c49-33-13-11-30(12-14-33)38-34-15-16-35-39(43(52)47(41(35)50)31-17-21-45(22-18-31)26-28-7-3-1-4-8-28)36(34)25-37-40(38)44(53)48(42(37)51)32-19-23-46(24-20-32)27-29-9-5-2-6-10-29/h1-15,31-32,35-40,49H,16-27H2. The highest BCUT2D eigenvalue weighted by molar-refractivity contribution is 6.08. The summed E-state index contributed by atoms with van der Waals surface area (Å²) in [6.07, 6.45) is 5.96. The minimum Gasteiger partial charge on any atom is -0.508 e. The molecule has 6 unspecified atom stereocenters. The molecule has 6 aliphatic rings. The second-order valence-electron chi connectivity index (χ2n) is 16.2. The lowest BCUT2D eigenvalue weighted by molar-refractivity contribution is -0.146. The summed E-state index contributed by atoms with van der Waals surface area (Å²) in [4.78, 5) is 65.7. The highest BCUT2D eigenvalue weighted by Crippen LogP contribution is 2.58. The van der Waals surface area contributed by atoms with Crippen molar-refractivity contribution in [2.45, 2.75) is 69.6 Å². The number of hydrogen-bond acceptors (Lipinski definition) is 7. The van der Waals surface area contributed by atoms with Gasteiger partial charge in [-0.3, -0.25) is 38.8 Å². The van der Waals surface area contributed by atoms with Gasteiger partial charge >= 0.3 is 0 Å².